The Bertz CT molecular complexity index is 727. The molecule has 0 radical (unpaired) electrons. The maximum absolute atomic E-state index is 13.7. The molecule has 0 saturated heterocycles. The fourth-order valence-corrected chi connectivity index (χ4v) is 3.27. The van der Waals surface area contributed by atoms with Gasteiger partial charge in [0.15, 0.2) is 5.69 Å². The predicted octanol–water partition coefficient (Wildman–Crippen LogP) is 5.24. The van der Waals surface area contributed by atoms with Crippen LogP contribution in [0.4, 0.5) is 13.2 Å². The molecule has 2 aromatic rings. The van der Waals surface area contributed by atoms with Crippen LogP contribution in [-0.4, -0.2) is 4.98 Å². The molecule has 0 aliphatic carbocycles. The van der Waals surface area contributed by atoms with Crippen molar-refractivity contribution in [3.8, 4) is 0 Å². The van der Waals surface area contributed by atoms with Crippen LogP contribution in [0.3, 0.4) is 0 Å². The van der Waals surface area contributed by atoms with Gasteiger partial charge in [0.1, 0.15) is 5.60 Å². The molecule has 0 spiro atoms. The molecule has 0 fully saturated rings. The van der Waals surface area contributed by atoms with Gasteiger partial charge in [0.05, 0.1) is 6.61 Å². The minimum atomic E-state index is -4.50. The SMILES string of the molecule is CCCCc1cc2c(c(C(F)(F)F)n1)C(C)(c1ccccc1)OC2. The van der Waals surface area contributed by atoms with Gasteiger partial charge >= 0.3 is 6.18 Å². The summed E-state index contributed by atoms with van der Waals surface area (Å²) in [6, 6.07) is 10.8. The molecule has 1 aromatic carbocycles. The zero-order valence-corrected chi connectivity index (χ0v) is 13.8. The van der Waals surface area contributed by atoms with E-state index in [9.17, 15) is 13.2 Å². The summed E-state index contributed by atoms with van der Waals surface area (Å²) in [5.41, 5.74) is 0.00458. The number of halogens is 3. The Labute approximate surface area is 139 Å². The lowest BCUT2D eigenvalue weighted by Gasteiger charge is -2.27. The Kier molecular flexibility index (Phi) is 4.38. The van der Waals surface area contributed by atoms with Gasteiger partial charge in [0.25, 0.3) is 0 Å². The van der Waals surface area contributed by atoms with Gasteiger partial charge in [-0.05, 0) is 37.0 Å². The Morgan fingerprint density at radius 1 is 1.21 bits per heavy atom. The number of aromatic nitrogens is 1. The highest BCUT2D eigenvalue weighted by molar-refractivity contribution is 5.47. The zero-order valence-electron chi connectivity index (χ0n) is 13.8. The third kappa shape index (κ3) is 2.93. The molecule has 0 amide bonds. The van der Waals surface area contributed by atoms with Gasteiger partial charge in [0, 0.05) is 11.3 Å². The highest BCUT2D eigenvalue weighted by atomic mass is 19.4. The van der Waals surface area contributed by atoms with Crippen LogP contribution >= 0.6 is 0 Å². The van der Waals surface area contributed by atoms with E-state index in [1.165, 1.54) is 0 Å². The average Bonchev–Trinajstić information content (AvgIpc) is 2.90. The van der Waals surface area contributed by atoms with Gasteiger partial charge in [-0.3, -0.25) is 0 Å². The molecule has 5 heteroatoms. The van der Waals surface area contributed by atoms with Crippen molar-refractivity contribution < 1.29 is 17.9 Å². The molecular weight excluding hydrogens is 315 g/mol. The third-order valence-electron chi connectivity index (χ3n) is 4.53. The van der Waals surface area contributed by atoms with E-state index in [0.717, 1.165) is 12.8 Å². The van der Waals surface area contributed by atoms with Crippen molar-refractivity contribution in [3.63, 3.8) is 0 Å². The molecule has 128 valence electrons. The minimum absolute atomic E-state index is 0.154. The van der Waals surface area contributed by atoms with Crippen LogP contribution in [0.1, 0.15) is 54.8 Å². The molecule has 2 nitrogen and oxygen atoms in total. The molecule has 0 N–H and O–H groups in total. The van der Waals surface area contributed by atoms with E-state index in [4.69, 9.17) is 4.74 Å². The lowest BCUT2D eigenvalue weighted by Crippen LogP contribution is -2.27. The summed E-state index contributed by atoms with van der Waals surface area (Å²) in [4.78, 5) is 3.97. The van der Waals surface area contributed by atoms with Crippen molar-refractivity contribution in [2.75, 3.05) is 0 Å². The maximum Gasteiger partial charge on any atom is 0.433 e. The van der Waals surface area contributed by atoms with Crippen molar-refractivity contribution in [1.29, 1.82) is 0 Å². The number of hydrogen-bond acceptors (Lipinski definition) is 2. The second-order valence-corrected chi connectivity index (χ2v) is 6.29. The van der Waals surface area contributed by atoms with E-state index in [-0.39, 0.29) is 12.2 Å². The van der Waals surface area contributed by atoms with Gasteiger partial charge < -0.3 is 4.74 Å². The average molecular weight is 335 g/mol. The van der Waals surface area contributed by atoms with Gasteiger partial charge in [0.2, 0.25) is 0 Å². The number of benzene rings is 1. The van der Waals surface area contributed by atoms with Crippen molar-refractivity contribution in [2.45, 2.75) is 51.5 Å². The first-order valence-corrected chi connectivity index (χ1v) is 8.16. The van der Waals surface area contributed by atoms with E-state index >= 15 is 0 Å². The topological polar surface area (TPSA) is 22.1 Å². The summed E-state index contributed by atoms with van der Waals surface area (Å²) < 4.78 is 46.9. The molecule has 1 aliphatic heterocycles. The molecule has 3 rings (SSSR count). The zero-order chi connectivity index (χ0) is 17.4. The summed E-state index contributed by atoms with van der Waals surface area (Å²) in [5, 5.41) is 0. The summed E-state index contributed by atoms with van der Waals surface area (Å²) in [7, 11) is 0. The predicted molar refractivity (Wildman–Crippen MR) is 85.5 cm³/mol. The van der Waals surface area contributed by atoms with E-state index in [2.05, 4.69) is 4.98 Å². The van der Waals surface area contributed by atoms with E-state index < -0.39 is 17.5 Å². The van der Waals surface area contributed by atoms with E-state index in [1.807, 2.05) is 13.0 Å². The van der Waals surface area contributed by atoms with Crippen LogP contribution in [-0.2, 0) is 29.5 Å². The molecule has 0 bridgehead atoms. The first kappa shape index (κ1) is 17.0. The summed E-state index contributed by atoms with van der Waals surface area (Å²) >= 11 is 0. The van der Waals surface area contributed by atoms with Crippen molar-refractivity contribution in [2.24, 2.45) is 0 Å². The Hall–Kier alpha value is -1.88. The third-order valence-corrected chi connectivity index (χ3v) is 4.53. The van der Waals surface area contributed by atoms with Gasteiger partial charge in [-0.25, -0.2) is 4.98 Å². The van der Waals surface area contributed by atoms with Crippen LogP contribution in [0.15, 0.2) is 36.4 Å². The van der Waals surface area contributed by atoms with Crippen LogP contribution in [0, 0.1) is 0 Å². The minimum Gasteiger partial charge on any atom is -0.361 e. The van der Waals surface area contributed by atoms with Gasteiger partial charge in [-0.15, -0.1) is 0 Å². The monoisotopic (exact) mass is 335 g/mol. The Morgan fingerprint density at radius 3 is 2.54 bits per heavy atom. The number of pyridine rings is 1. The highest BCUT2D eigenvalue weighted by Gasteiger charge is 2.47. The maximum atomic E-state index is 13.7. The molecule has 1 aliphatic rings. The number of alkyl halides is 3. The first-order chi connectivity index (χ1) is 11.4. The van der Waals surface area contributed by atoms with Crippen molar-refractivity contribution in [3.05, 3.63) is 64.5 Å². The van der Waals surface area contributed by atoms with Crippen LogP contribution < -0.4 is 0 Å². The van der Waals surface area contributed by atoms with Crippen LogP contribution in [0.5, 0.6) is 0 Å². The summed E-state index contributed by atoms with van der Waals surface area (Å²) in [6.07, 6.45) is -2.22. The molecule has 1 atom stereocenters. The lowest BCUT2D eigenvalue weighted by molar-refractivity contribution is -0.143. The largest absolute Gasteiger partial charge is 0.433 e. The normalized spacial score (nSPS) is 20.2. The summed E-state index contributed by atoms with van der Waals surface area (Å²) in [6.45, 7) is 3.87. The highest BCUT2D eigenvalue weighted by Crippen LogP contribution is 2.47. The molecule has 0 saturated carbocycles. The van der Waals surface area contributed by atoms with Gasteiger partial charge in [-0.1, -0.05) is 43.7 Å². The second kappa shape index (κ2) is 6.20. The number of nitrogens with zero attached hydrogens (tertiary/aromatic N) is 1. The Balaban J connectivity index is 2.16. The number of fused-ring (bicyclic) bond motifs is 1. The molecule has 24 heavy (non-hydrogen) atoms. The van der Waals surface area contributed by atoms with Crippen LogP contribution in [0.25, 0.3) is 0 Å². The fraction of sp³-hybridized carbons (Fsp3) is 0.421. The quantitative estimate of drug-likeness (QED) is 0.762. The van der Waals surface area contributed by atoms with Crippen molar-refractivity contribution in [1.82, 2.24) is 4.98 Å². The van der Waals surface area contributed by atoms with E-state index in [0.29, 0.717) is 23.2 Å². The van der Waals surface area contributed by atoms with Crippen LogP contribution in [0.2, 0.25) is 0 Å². The van der Waals surface area contributed by atoms with E-state index in [1.54, 1.807) is 37.3 Å². The number of hydrogen-bond donors (Lipinski definition) is 0. The lowest BCUT2D eigenvalue weighted by atomic mass is 9.85. The second-order valence-electron chi connectivity index (χ2n) is 6.29. The standard InChI is InChI=1S/C19H20F3NO/c1-3-4-10-15-11-13-12-24-18(2,14-8-6-5-7-9-14)16(13)17(23-15)19(20,21)22/h5-9,11H,3-4,10,12H2,1-2H3. The number of ether oxygens (including phenoxy) is 1. The number of rotatable bonds is 4. The molecule has 1 aromatic heterocycles. The molecular formula is C19H20F3NO. The summed E-state index contributed by atoms with van der Waals surface area (Å²) in [5.74, 6) is 0. The Morgan fingerprint density at radius 2 is 1.92 bits per heavy atom. The molecule has 2 heterocycles. The molecule has 1 unspecified atom stereocenters. The van der Waals surface area contributed by atoms with Crippen molar-refractivity contribution >= 4 is 0 Å². The number of unbranched alkanes of at least 4 members (excludes halogenated alkanes) is 1. The fourth-order valence-electron chi connectivity index (χ4n) is 3.27. The smallest absolute Gasteiger partial charge is 0.361 e. The first-order valence-electron chi connectivity index (χ1n) is 8.16. The van der Waals surface area contributed by atoms with Gasteiger partial charge in [-0.2, -0.15) is 13.2 Å². The number of aryl methyl sites for hydroxylation is 1.